The molecule has 86 valence electrons. The molecule has 2 atom stereocenters. The van der Waals surface area contributed by atoms with Crippen molar-refractivity contribution >= 4 is 15.9 Å². The first kappa shape index (κ1) is 10.6. The van der Waals surface area contributed by atoms with E-state index in [2.05, 4.69) is 49.7 Å². The van der Waals surface area contributed by atoms with Crippen LogP contribution in [-0.2, 0) is 10.3 Å². The van der Waals surface area contributed by atoms with Crippen molar-refractivity contribution in [1.29, 1.82) is 0 Å². The lowest BCUT2D eigenvalue weighted by atomic mass is 9.76. The highest BCUT2D eigenvalue weighted by Gasteiger charge is 2.75. The number of ether oxygens (including phenoxy) is 2. The molecule has 0 radical (unpaired) electrons. The molecule has 0 N–H and O–H groups in total. The van der Waals surface area contributed by atoms with Crippen LogP contribution in [0.5, 0.6) is 5.75 Å². The molecule has 2 aliphatic rings. The van der Waals surface area contributed by atoms with Crippen LogP contribution in [0.4, 0.5) is 0 Å². The molecular formula is C13H15BrO2. The molecule has 3 heteroatoms. The molecule has 1 saturated heterocycles. The van der Waals surface area contributed by atoms with E-state index in [9.17, 15) is 0 Å². The van der Waals surface area contributed by atoms with Crippen molar-refractivity contribution in [3.05, 3.63) is 28.2 Å². The van der Waals surface area contributed by atoms with Crippen LogP contribution in [0, 0.1) is 0 Å². The Hall–Kier alpha value is -0.540. The zero-order chi connectivity index (χ0) is 11.8. The lowest BCUT2D eigenvalue weighted by Crippen LogP contribution is -2.49. The monoisotopic (exact) mass is 282 g/mol. The smallest absolute Gasteiger partial charge is 0.138 e. The first-order valence-corrected chi connectivity index (χ1v) is 6.29. The van der Waals surface area contributed by atoms with Crippen molar-refractivity contribution in [3.8, 4) is 5.75 Å². The van der Waals surface area contributed by atoms with Crippen LogP contribution in [0.2, 0.25) is 0 Å². The number of benzene rings is 1. The van der Waals surface area contributed by atoms with Gasteiger partial charge in [-0.2, -0.15) is 0 Å². The molecule has 16 heavy (non-hydrogen) atoms. The molecule has 1 aromatic carbocycles. The third kappa shape index (κ3) is 1.01. The molecule has 0 bridgehead atoms. The van der Waals surface area contributed by atoms with Gasteiger partial charge in [-0.05, 0) is 45.9 Å². The molecule has 0 amide bonds. The van der Waals surface area contributed by atoms with Crippen molar-refractivity contribution < 1.29 is 9.47 Å². The number of rotatable bonds is 0. The van der Waals surface area contributed by atoms with Gasteiger partial charge in [-0.1, -0.05) is 15.9 Å². The highest BCUT2D eigenvalue weighted by Crippen LogP contribution is 2.66. The van der Waals surface area contributed by atoms with Crippen molar-refractivity contribution in [2.24, 2.45) is 0 Å². The summed E-state index contributed by atoms with van der Waals surface area (Å²) in [5.74, 6) is 0.936. The van der Waals surface area contributed by atoms with Crippen molar-refractivity contribution in [1.82, 2.24) is 0 Å². The van der Waals surface area contributed by atoms with E-state index in [0.717, 1.165) is 15.8 Å². The summed E-state index contributed by atoms with van der Waals surface area (Å²) >= 11 is 3.50. The standard InChI is InChI=1S/C13H15BrO2/c1-11(2)13(4)12(3,16-13)9-7-8(14)5-6-10(9)15-11/h5-7H,1-4H3. The van der Waals surface area contributed by atoms with Crippen LogP contribution in [-0.4, -0.2) is 11.2 Å². The fraction of sp³-hybridized carbons (Fsp3) is 0.538. The molecule has 2 unspecified atom stereocenters. The molecular weight excluding hydrogens is 268 g/mol. The van der Waals surface area contributed by atoms with E-state index in [1.807, 2.05) is 12.1 Å². The summed E-state index contributed by atoms with van der Waals surface area (Å²) in [6.07, 6.45) is 0. The second-order valence-electron chi connectivity index (χ2n) is 5.42. The van der Waals surface area contributed by atoms with E-state index in [4.69, 9.17) is 9.47 Å². The maximum absolute atomic E-state index is 6.05. The zero-order valence-corrected chi connectivity index (χ0v) is 11.5. The molecule has 0 aliphatic carbocycles. The Balaban J connectivity index is 2.22. The summed E-state index contributed by atoms with van der Waals surface area (Å²) in [5.41, 5.74) is 0.410. The van der Waals surface area contributed by atoms with E-state index in [1.54, 1.807) is 0 Å². The Morgan fingerprint density at radius 1 is 1.12 bits per heavy atom. The van der Waals surface area contributed by atoms with Crippen molar-refractivity contribution in [2.75, 3.05) is 0 Å². The average molecular weight is 283 g/mol. The summed E-state index contributed by atoms with van der Waals surface area (Å²) in [5, 5.41) is 0. The lowest BCUT2D eigenvalue weighted by molar-refractivity contribution is 0.0226. The van der Waals surface area contributed by atoms with Crippen LogP contribution in [0.3, 0.4) is 0 Å². The Labute approximate surface area is 104 Å². The highest BCUT2D eigenvalue weighted by molar-refractivity contribution is 9.10. The molecule has 0 aromatic heterocycles. The third-order valence-corrected chi connectivity index (χ3v) is 4.74. The van der Waals surface area contributed by atoms with Gasteiger partial charge in [-0.25, -0.2) is 0 Å². The molecule has 2 aliphatic heterocycles. The summed E-state index contributed by atoms with van der Waals surface area (Å²) in [4.78, 5) is 0. The SMILES string of the molecule is CC1(C)Oc2ccc(Br)cc2C2(C)OC12C. The number of fused-ring (bicyclic) bond motifs is 3. The first-order chi connectivity index (χ1) is 7.30. The average Bonchev–Trinajstić information content (AvgIpc) is 2.75. The Morgan fingerprint density at radius 2 is 1.81 bits per heavy atom. The lowest BCUT2D eigenvalue weighted by Gasteiger charge is -2.37. The maximum atomic E-state index is 6.05. The van der Waals surface area contributed by atoms with E-state index >= 15 is 0 Å². The van der Waals surface area contributed by atoms with E-state index in [-0.39, 0.29) is 16.8 Å². The van der Waals surface area contributed by atoms with Gasteiger partial charge in [-0.3, -0.25) is 0 Å². The van der Waals surface area contributed by atoms with E-state index < -0.39 is 0 Å². The Kier molecular flexibility index (Phi) is 1.75. The molecule has 3 rings (SSSR count). The molecule has 0 spiro atoms. The van der Waals surface area contributed by atoms with Crippen LogP contribution in [0.1, 0.15) is 33.3 Å². The van der Waals surface area contributed by atoms with Crippen LogP contribution < -0.4 is 4.74 Å². The van der Waals surface area contributed by atoms with Gasteiger partial charge in [-0.15, -0.1) is 0 Å². The molecule has 1 fully saturated rings. The minimum absolute atomic E-state index is 0.214. The fourth-order valence-corrected chi connectivity index (χ4v) is 3.09. The summed E-state index contributed by atoms with van der Waals surface area (Å²) < 4.78 is 13.1. The van der Waals surface area contributed by atoms with Gasteiger partial charge in [0.05, 0.1) is 0 Å². The zero-order valence-electron chi connectivity index (χ0n) is 9.93. The van der Waals surface area contributed by atoms with Crippen LogP contribution >= 0.6 is 15.9 Å². The fourth-order valence-electron chi connectivity index (χ4n) is 2.73. The Morgan fingerprint density at radius 3 is 2.50 bits per heavy atom. The molecule has 0 saturated carbocycles. The van der Waals surface area contributed by atoms with Crippen LogP contribution in [0.25, 0.3) is 0 Å². The molecule has 2 nitrogen and oxygen atoms in total. The summed E-state index contributed by atoms with van der Waals surface area (Å²) in [6.45, 7) is 8.44. The first-order valence-electron chi connectivity index (χ1n) is 5.49. The number of hydrogen-bond donors (Lipinski definition) is 0. The van der Waals surface area contributed by atoms with Crippen LogP contribution in [0.15, 0.2) is 22.7 Å². The predicted molar refractivity (Wildman–Crippen MR) is 65.7 cm³/mol. The quantitative estimate of drug-likeness (QED) is 0.678. The number of halogens is 1. The van der Waals surface area contributed by atoms with Gasteiger partial charge in [0.15, 0.2) is 0 Å². The second-order valence-corrected chi connectivity index (χ2v) is 6.34. The second kappa shape index (κ2) is 2.65. The van der Waals surface area contributed by atoms with Gasteiger partial charge in [0.25, 0.3) is 0 Å². The molecule has 2 heterocycles. The predicted octanol–water partition coefficient (Wildman–Crippen LogP) is 3.62. The van der Waals surface area contributed by atoms with Gasteiger partial charge in [0.2, 0.25) is 0 Å². The van der Waals surface area contributed by atoms with Crippen molar-refractivity contribution in [3.63, 3.8) is 0 Å². The molecule has 1 aromatic rings. The van der Waals surface area contributed by atoms with Crippen molar-refractivity contribution in [2.45, 2.75) is 44.5 Å². The highest BCUT2D eigenvalue weighted by atomic mass is 79.9. The van der Waals surface area contributed by atoms with E-state index in [0.29, 0.717) is 0 Å². The van der Waals surface area contributed by atoms with Gasteiger partial charge in [0, 0.05) is 10.0 Å². The third-order valence-electron chi connectivity index (χ3n) is 4.25. The largest absolute Gasteiger partial charge is 0.484 e. The number of epoxide rings is 1. The summed E-state index contributed by atoms with van der Waals surface area (Å²) in [7, 11) is 0. The number of hydrogen-bond acceptors (Lipinski definition) is 2. The minimum Gasteiger partial charge on any atom is -0.484 e. The van der Waals surface area contributed by atoms with Gasteiger partial charge in [0.1, 0.15) is 22.6 Å². The minimum atomic E-state index is -0.289. The van der Waals surface area contributed by atoms with E-state index in [1.165, 1.54) is 0 Å². The van der Waals surface area contributed by atoms with Gasteiger partial charge < -0.3 is 9.47 Å². The summed E-state index contributed by atoms with van der Waals surface area (Å²) in [6, 6.07) is 6.10. The van der Waals surface area contributed by atoms with Gasteiger partial charge >= 0.3 is 0 Å². The Bertz CT molecular complexity index is 483. The maximum Gasteiger partial charge on any atom is 0.138 e. The normalized spacial score (nSPS) is 38.3. The topological polar surface area (TPSA) is 21.8 Å².